The van der Waals surface area contributed by atoms with E-state index in [1.807, 2.05) is 0 Å². The average molecular weight is 209 g/mol. The molecule has 0 radical (unpaired) electrons. The number of nitrogens with one attached hydrogen (secondary N) is 2. The second kappa shape index (κ2) is 3.64. The van der Waals surface area contributed by atoms with E-state index in [9.17, 15) is 14.4 Å². The van der Waals surface area contributed by atoms with Crippen LogP contribution in [0.25, 0.3) is 0 Å². The van der Waals surface area contributed by atoms with Crippen molar-refractivity contribution >= 4 is 23.3 Å². The average Bonchev–Trinajstić information content (AvgIpc) is 2.18. The third-order valence-electron chi connectivity index (χ3n) is 2.35. The topological polar surface area (TPSA) is 113 Å². The maximum absolute atomic E-state index is 11.6. The molecule has 0 aromatic carbocycles. The van der Waals surface area contributed by atoms with Crippen LogP contribution in [0.1, 0.15) is 13.8 Å². The minimum Gasteiger partial charge on any atom is -0.352 e. The Balaban J connectivity index is 3.13. The molecule has 1 aliphatic carbocycles. The van der Waals surface area contributed by atoms with Crippen molar-refractivity contribution in [3.63, 3.8) is 0 Å². The van der Waals surface area contributed by atoms with Gasteiger partial charge in [-0.25, -0.2) is 4.79 Å². The molecule has 0 aliphatic heterocycles. The zero-order chi connectivity index (χ0) is 11.7. The predicted molar refractivity (Wildman–Crippen MR) is 52.6 cm³/mol. The zero-order valence-corrected chi connectivity index (χ0v) is 8.38. The Labute approximate surface area is 86.0 Å². The molecular formula is C9H11N3O3. The summed E-state index contributed by atoms with van der Waals surface area (Å²) in [4.78, 5) is 33.6. The molecule has 0 spiro atoms. The van der Waals surface area contributed by atoms with E-state index in [-0.39, 0.29) is 11.1 Å². The molecule has 0 saturated carbocycles. The van der Waals surface area contributed by atoms with Crippen molar-refractivity contribution in [2.24, 2.45) is 5.73 Å². The lowest BCUT2D eigenvalue weighted by molar-refractivity contribution is -0.118. The number of carbonyl (C=O) groups is 3. The number of urea groups is 1. The summed E-state index contributed by atoms with van der Waals surface area (Å²) in [7, 11) is 0. The summed E-state index contributed by atoms with van der Waals surface area (Å²) >= 11 is 0. The Kier molecular flexibility index (Phi) is 2.69. The van der Waals surface area contributed by atoms with Crippen LogP contribution in [0.3, 0.4) is 0 Å². The van der Waals surface area contributed by atoms with Gasteiger partial charge in [-0.2, -0.15) is 0 Å². The molecule has 1 unspecified atom stereocenters. The lowest BCUT2D eigenvalue weighted by Gasteiger charge is -2.22. The highest BCUT2D eigenvalue weighted by molar-refractivity contribution is 6.53. The van der Waals surface area contributed by atoms with E-state index in [1.165, 1.54) is 13.8 Å². The molecule has 4 N–H and O–H groups in total. The summed E-state index contributed by atoms with van der Waals surface area (Å²) in [6, 6.07) is -2.17. The van der Waals surface area contributed by atoms with Crippen molar-refractivity contribution in [1.29, 1.82) is 5.41 Å². The fourth-order valence-corrected chi connectivity index (χ4v) is 1.32. The summed E-state index contributed by atoms with van der Waals surface area (Å²) in [6.45, 7) is 2.96. The number of hydrogen-bond donors (Lipinski definition) is 3. The van der Waals surface area contributed by atoms with Gasteiger partial charge in [0.05, 0.1) is 0 Å². The van der Waals surface area contributed by atoms with Gasteiger partial charge in [-0.15, -0.1) is 0 Å². The highest BCUT2D eigenvalue weighted by Crippen LogP contribution is 2.16. The smallest absolute Gasteiger partial charge is 0.313 e. The van der Waals surface area contributed by atoms with E-state index in [2.05, 4.69) is 5.32 Å². The van der Waals surface area contributed by atoms with Crippen LogP contribution in [-0.4, -0.2) is 29.4 Å². The van der Waals surface area contributed by atoms with Crippen LogP contribution < -0.4 is 11.1 Å². The van der Waals surface area contributed by atoms with Crippen LogP contribution in [0, 0.1) is 5.41 Å². The fourth-order valence-electron chi connectivity index (χ4n) is 1.32. The number of primary amides is 1. The molecule has 0 aromatic heterocycles. The quantitative estimate of drug-likeness (QED) is 0.542. The predicted octanol–water partition coefficient (Wildman–Crippen LogP) is -0.469. The standard InChI is InChI=1S/C9H11N3O3/c1-3-4(2)8(14)6(12-9(11)15)5(10)7(3)13/h6,10H,1-2H3,(H3,11,12,15). The Morgan fingerprint density at radius 3 is 2.33 bits per heavy atom. The number of rotatable bonds is 1. The highest BCUT2D eigenvalue weighted by Gasteiger charge is 2.36. The number of hydrogen-bond acceptors (Lipinski definition) is 4. The molecule has 1 atom stereocenters. The molecule has 6 heteroatoms. The lowest BCUT2D eigenvalue weighted by Crippen LogP contribution is -2.53. The molecule has 0 heterocycles. The fraction of sp³-hybridized carbons (Fsp3) is 0.333. The minimum atomic E-state index is -1.24. The van der Waals surface area contributed by atoms with Crippen molar-refractivity contribution < 1.29 is 14.4 Å². The maximum atomic E-state index is 11.6. The van der Waals surface area contributed by atoms with Crippen LogP contribution >= 0.6 is 0 Å². The molecule has 1 rings (SSSR count). The van der Waals surface area contributed by atoms with Crippen LogP contribution in [0.5, 0.6) is 0 Å². The Morgan fingerprint density at radius 2 is 1.87 bits per heavy atom. The molecule has 1 aliphatic rings. The molecule has 0 fully saturated rings. The van der Waals surface area contributed by atoms with E-state index in [4.69, 9.17) is 11.1 Å². The number of Topliss-reactive ketones (excluding diaryl/α,β-unsaturated/α-hetero) is 2. The lowest BCUT2D eigenvalue weighted by atomic mass is 9.86. The third kappa shape index (κ3) is 1.78. The maximum Gasteiger partial charge on any atom is 0.313 e. The normalized spacial score (nSPS) is 22.0. The van der Waals surface area contributed by atoms with Crippen LogP contribution in [0.15, 0.2) is 11.1 Å². The number of carbonyl (C=O) groups excluding carboxylic acids is 3. The van der Waals surface area contributed by atoms with Gasteiger partial charge >= 0.3 is 6.03 Å². The largest absolute Gasteiger partial charge is 0.352 e. The summed E-state index contributed by atoms with van der Waals surface area (Å²) in [5, 5.41) is 9.49. The molecule has 0 bridgehead atoms. The van der Waals surface area contributed by atoms with E-state index in [0.717, 1.165) is 0 Å². The zero-order valence-electron chi connectivity index (χ0n) is 8.38. The second-order valence-electron chi connectivity index (χ2n) is 3.30. The van der Waals surface area contributed by atoms with E-state index in [1.54, 1.807) is 0 Å². The van der Waals surface area contributed by atoms with Gasteiger partial charge in [0.1, 0.15) is 11.8 Å². The molecule has 6 nitrogen and oxygen atoms in total. The molecule has 15 heavy (non-hydrogen) atoms. The van der Waals surface area contributed by atoms with Crippen molar-refractivity contribution in [3.8, 4) is 0 Å². The Bertz CT molecular complexity index is 409. The number of ketones is 2. The van der Waals surface area contributed by atoms with Crippen LogP contribution in [-0.2, 0) is 9.59 Å². The van der Waals surface area contributed by atoms with Gasteiger partial charge in [0.25, 0.3) is 0 Å². The third-order valence-corrected chi connectivity index (χ3v) is 2.35. The number of amides is 2. The first-order valence-electron chi connectivity index (χ1n) is 4.27. The van der Waals surface area contributed by atoms with Gasteiger partial charge in [-0.3, -0.25) is 15.0 Å². The summed E-state index contributed by atoms with van der Waals surface area (Å²) in [5.74, 6) is -0.998. The van der Waals surface area contributed by atoms with E-state index >= 15 is 0 Å². The van der Waals surface area contributed by atoms with Gasteiger partial charge in [0, 0.05) is 11.1 Å². The van der Waals surface area contributed by atoms with Crippen molar-refractivity contribution in [2.75, 3.05) is 0 Å². The van der Waals surface area contributed by atoms with Gasteiger partial charge in [-0.05, 0) is 13.8 Å². The van der Waals surface area contributed by atoms with Crippen molar-refractivity contribution in [2.45, 2.75) is 19.9 Å². The van der Waals surface area contributed by atoms with Gasteiger partial charge in [0.2, 0.25) is 5.78 Å². The molecule has 2 amide bonds. The van der Waals surface area contributed by atoms with Gasteiger partial charge < -0.3 is 11.1 Å². The van der Waals surface area contributed by atoms with Crippen molar-refractivity contribution in [3.05, 3.63) is 11.1 Å². The Hall–Kier alpha value is -1.98. The van der Waals surface area contributed by atoms with E-state index in [0.29, 0.717) is 0 Å². The van der Waals surface area contributed by atoms with Gasteiger partial charge in [-0.1, -0.05) is 0 Å². The van der Waals surface area contributed by atoms with Crippen LogP contribution in [0.4, 0.5) is 4.79 Å². The number of allylic oxidation sites excluding steroid dienone is 1. The SMILES string of the molecule is CC1=C(C)C(=O)C(NC(N)=O)C(=N)C1=O. The highest BCUT2D eigenvalue weighted by atomic mass is 16.2. The molecular weight excluding hydrogens is 198 g/mol. The summed E-state index contributed by atoms with van der Waals surface area (Å²) < 4.78 is 0. The first-order valence-corrected chi connectivity index (χ1v) is 4.27. The first-order chi connectivity index (χ1) is 6.86. The summed E-state index contributed by atoms with van der Waals surface area (Å²) in [5.41, 5.74) is 4.91. The number of nitrogens with two attached hydrogens (primary N) is 1. The monoisotopic (exact) mass is 209 g/mol. The van der Waals surface area contributed by atoms with Crippen LogP contribution in [0.2, 0.25) is 0 Å². The summed E-state index contributed by atoms with van der Waals surface area (Å²) in [6.07, 6.45) is 0. The minimum absolute atomic E-state index is 0.243. The van der Waals surface area contributed by atoms with Gasteiger partial charge in [0.15, 0.2) is 5.78 Å². The first kappa shape index (κ1) is 11.1. The molecule has 0 aromatic rings. The second-order valence-corrected chi connectivity index (χ2v) is 3.30. The van der Waals surface area contributed by atoms with Crippen molar-refractivity contribution in [1.82, 2.24) is 5.32 Å². The molecule has 80 valence electrons. The van der Waals surface area contributed by atoms with E-state index < -0.39 is 29.4 Å². The molecule has 0 saturated heterocycles. The Morgan fingerprint density at radius 1 is 1.33 bits per heavy atom.